The molecule has 0 radical (unpaired) electrons. The van der Waals surface area contributed by atoms with Crippen molar-refractivity contribution in [2.24, 2.45) is 0 Å². The highest BCUT2D eigenvalue weighted by molar-refractivity contribution is 5.78. The second-order valence-corrected chi connectivity index (χ2v) is 6.76. The van der Waals surface area contributed by atoms with Crippen molar-refractivity contribution in [2.45, 2.75) is 38.8 Å². The molecule has 25 heavy (non-hydrogen) atoms. The van der Waals surface area contributed by atoms with Gasteiger partial charge in [0.05, 0.1) is 6.54 Å². The first-order chi connectivity index (χ1) is 12.2. The summed E-state index contributed by atoms with van der Waals surface area (Å²) in [6.45, 7) is 6.05. The smallest absolute Gasteiger partial charge is 0.236 e. The van der Waals surface area contributed by atoms with Gasteiger partial charge in [0.25, 0.3) is 0 Å². The fraction of sp³-hybridized carbons (Fsp3) is 0.526. The van der Waals surface area contributed by atoms with E-state index in [1.54, 1.807) is 0 Å². The van der Waals surface area contributed by atoms with Crippen LogP contribution in [0.2, 0.25) is 0 Å². The van der Waals surface area contributed by atoms with Gasteiger partial charge in [-0.15, -0.1) is 10.2 Å². The van der Waals surface area contributed by atoms with E-state index in [1.807, 2.05) is 36.5 Å². The van der Waals surface area contributed by atoms with Gasteiger partial charge in [-0.3, -0.25) is 9.69 Å². The molecule has 2 heterocycles. The number of aryl methyl sites for hydroxylation is 1. The first-order valence-corrected chi connectivity index (χ1v) is 9.05. The summed E-state index contributed by atoms with van der Waals surface area (Å²) >= 11 is 0. The van der Waals surface area contributed by atoms with Crippen molar-refractivity contribution in [3.63, 3.8) is 0 Å². The molecule has 0 bridgehead atoms. The van der Waals surface area contributed by atoms with Crippen LogP contribution in [-0.4, -0.2) is 57.2 Å². The third kappa shape index (κ3) is 4.45. The molecule has 0 atom stereocenters. The van der Waals surface area contributed by atoms with Gasteiger partial charge >= 0.3 is 0 Å². The molecule has 1 aliphatic rings. The summed E-state index contributed by atoms with van der Waals surface area (Å²) in [5.74, 6) is 1.73. The molecule has 0 spiro atoms. The second-order valence-electron chi connectivity index (χ2n) is 6.76. The fourth-order valence-corrected chi connectivity index (χ4v) is 3.43. The van der Waals surface area contributed by atoms with Crippen LogP contribution >= 0.6 is 0 Å². The maximum absolute atomic E-state index is 12.5. The average Bonchev–Trinajstić information content (AvgIpc) is 3.12. The Hall–Kier alpha value is -2.21. The van der Waals surface area contributed by atoms with E-state index in [0.717, 1.165) is 43.9 Å². The first kappa shape index (κ1) is 17.6. The lowest BCUT2D eigenvalue weighted by Crippen LogP contribution is -2.41. The average molecular weight is 341 g/mol. The largest absolute Gasteiger partial charge is 0.340 e. The Morgan fingerprint density at radius 2 is 1.96 bits per heavy atom. The summed E-state index contributed by atoms with van der Waals surface area (Å²) in [6, 6.07) is 10.1. The van der Waals surface area contributed by atoms with Gasteiger partial charge in [-0.2, -0.15) is 0 Å². The highest BCUT2D eigenvalue weighted by atomic mass is 16.2. The molecule has 0 aliphatic carbocycles. The SMILES string of the molecule is CCn1cnnc1C1CCN(CC(=O)N(C)Cc2ccccc2)CC1. The van der Waals surface area contributed by atoms with Gasteiger partial charge in [0.1, 0.15) is 12.2 Å². The van der Waals surface area contributed by atoms with Crippen LogP contribution in [0.15, 0.2) is 36.7 Å². The zero-order valence-corrected chi connectivity index (χ0v) is 15.1. The number of hydrogen-bond acceptors (Lipinski definition) is 4. The Labute approximate surface area is 149 Å². The second kappa shape index (κ2) is 8.25. The maximum Gasteiger partial charge on any atom is 0.236 e. The van der Waals surface area contributed by atoms with Crippen LogP contribution in [0.3, 0.4) is 0 Å². The number of likely N-dealkylation sites (tertiary alicyclic amines) is 1. The molecule has 2 aromatic rings. The summed E-state index contributed by atoms with van der Waals surface area (Å²) in [5, 5.41) is 8.33. The fourth-order valence-electron chi connectivity index (χ4n) is 3.43. The van der Waals surface area contributed by atoms with Crippen LogP contribution in [0.4, 0.5) is 0 Å². The van der Waals surface area contributed by atoms with Crippen LogP contribution in [-0.2, 0) is 17.9 Å². The molecule has 134 valence electrons. The van der Waals surface area contributed by atoms with Crippen molar-refractivity contribution in [1.82, 2.24) is 24.6 Å². The van der Waals surface area contributed by atoms with Crippen LogP contribution in [0, 0.1) is 0 Å². The van der Waals surface area contributed by atoms with Gasteiger partial charge in [0, 0.05) is 26.1 Å². The summed E-state index contributed by atoms with van der Waals surface area (Å²) in [5.41, 5.74) is 1.16. The molecule has 1 aromatic carbocycles. The Balaban J connectivity index is 1.47. The number of carbonyl (C=O) groups is 1. The predicted octanol–water partition coefficient (Wildman–Crippen LogP) is 2.14. The van der Waals surface area contributed by atoms with Crippen LogP contribution in [0.1, 0.15) is 37.1 Å². The minimum atomic E-state index is 0.180. The van der Waals surface area contributed by atoms with E-state index in [9.17, 15) is 4.79 Å². The first-order valence-electron chi connectivity index (χ1n) is 9.05. The van der Waals surface area contributed by atoms with Crippen molar-refractivity contribution >= 4 is 5.91 Å². The lowest BCUT2D eigenvalue weighted by molar-refractivity contribution is -0.131. The van der Waals surface area contributed by atoms with Gasteiger partial charge in [-0.1, -0.05) is 30.3 Å². The van der Waals surface area contributed by atoms with Gasteiger partial charge < -0.3 is 9.47 Å². The number of carbonyl (C=O) groups excluding carboxylic acids is 1. The Bertz CT molecular complexity index is 676. The quantitative estimate of drug-likeness (QED) is 0.808. The van der Waals surface area contributed by atoms with Crippen LogP contribution < -0.4 is 0 Å². The van der Waals surface area contributed by atoms with Crippen molar-refractivity contribution in [3.05, 3.63) is 48.0 Å². The standard InChI is InChI=1S/C19H27N5O/c1-3-24-15-20-21-19(24)17-9-11-23(12-10-17)14-18(25)22(2)13-16-7-5-4-6-8-16/h4-8,15,17H,3,9-14H2,1-2H3. The summed E-state index contributed by atoms with van der Waals surface area (Å²) in [7, 11) is 1.88. The van der Waals surface area contributed by atoms with E-state index in [-0.39, 0.29) is 5.91 Å². The molecule has 0 unspecified atom stereocenters. The Morgan fingerprint density at radius 1 is 1.24 bits per heavy atom. The molecule has 1 aliphatic heterocycles. The zero-order chi connectivity index (χ0) is 17.6. The van der Waals surface area contributed by atoms with E-state index in [1.165, 1.54) is 0 Å². The minimum Gasteiger partial charge on any atom is -0.340 e. The molecular formula is C19H27N5O. The third-order valence-electron chi connectivity index (χ3n) is 4.99. The number of likely N-dealkylation sites (N-methyl/N-ethyl adjacent to an activating group) is 1. The van der Waals surface area contributed by atoms with E-state index >= 15 is 0 Å². The predicted molar refractivity (Wildman–Crippen MR) is 97.0 cm³/mol. The monoisotopic (exact) mass is 341 g/mol. The molecular weight excluding hydrogens is 314 g/mol. The van der Waals surface area contributed by atoms with E-state index in [2.05, 4.69) is 38.7 Å². The molecule has 3 rings (SSSR count). The minimum absolute atomic E-state index is 0.180. The van der Waals surface area contributed by atoms with Gasteiger partial charge in [-0.25, -0.2) is 0 Å². The molecule has 0 N–H and O–H groups in total. The third-order valence-corrected chi connectivity index (χ3v) is 4.99. The number of nitrogens with zero attached hydrogens (tertiary/aromatic N) is 5. The van der Waals surface area contributed by atoms with Crippen molar-refractivity contribution in [1.29, 1.82) is 0 Å². The topological polar surface area (TPSA) is 54.3 Å². The lowest BCUT2D eigenvalue weighted by Gasteiger charge is -2.32. The number of piperidine rings is 1. The highest BCUT2D eigenvalue weighted by Gasteiger charge is 2.25. The summed E-state index contributed by atoms with van der Waals surface area (Å²) in [6.07, 6.45) is 3.88. The Morgan fingerprint density at radius 3 is 2.64 bits per heavy atom. The number of hydrogen-bond donors (Lipinski definition) is 0. The molecule has 0 saturated carbocycles. The number of rotatable bonds is 6. The highest BCUT2D eigenvalue weighted by Crippen LogP contribution is 2.26. The van der Waals surface area contributed by atoms with Gasteiger partial charge in [-0.05, 0) is 38.4 Å². The number of benzene rings is 1. The molecule has 1 saturated heterocycles. The van der Waals surface area contributed by atoms with Crippen molar-refractivity contribution < 1.29 is 4.79 Å². The normalized spacial score (nSPS) is 16.1. The lowest BCUT2D eigenvalue weighted by atomic mass is 9.96. The molecule has 1 aromatic heterocycles. The summed E-state index contributed by atoms with van der Waals surface area (Å²) < 4.78 is 2.12. The van der Waals surface area contributed by atoms with Crippen LogP contribution in [0.5, 0.6) is 0 Å². The van der Waals surface area contributed by atoms with E-state index < -0.39 is 0 Å². The van der Waals surface area contributed by atoms with Crippen LogP contribution in [0.25, 0.3) is 0 Å². The van der Waals surface area contributed by atoms with Crippen molar-refractivity contribution in [3.8, 4) is 0 Å². The van der Waals surface area contributed by atoms with E-state index in [0.29, 0.717) is 19.0 Å². The zero-order valence-electron chi connectivity index (χ0n) is 15.1. The molecule has 1 amide bonds. The maximum atomic E-state index is 12.5. The van der Waals surface area contributed by atoms with E-state index in [4.69, 9.17) is 0 Å². The number of aromatic nitrogens is 3. The molecule has 6 heteroatoms. The molecule has 6 nitrogen and oxygen atoms in total. The Kier molecular flexibility index (Phi) is 5.81. The van der Waals surface area contributed by atoms with Crippen molar-refractivity contribution in [2.75, 3.05) is 26.7 Å². The summed E-state index contributed by atoms with van der Waals surface area (Å²) in [4.78, 5) is 16.6. The molecule has 1 fully saturated rings. The van der Waals surface area contributed by atoms with Gasteiger partial charge in [0.15, 0.2) is 0 Å². The van der Waals surface area contributed by atoms with Gasteiger partial charge in [0.2, 0.25) is 5.91 Å². The number of amides is 1.